The van der Waals surface area contributed by atoms with Crippen molar-refractivity contribution >= 4 is 0 Å². The van der Waals surface area contributed by atoms with E-state index in [9.17, 15) is 0 Å². The Balaban J connectivity index is -0.0000000383. The number of rotatable bonds is 1. The summed E-state index contributed by atoms with van der Waals surface area (Å²) in [5, 5.41) is 15.2. The fourth-order valence-electron chi connectivity index (χ4n) is 0. The molecule has 11 heavy (non-hydrogen) atoms. The van der Waals surface area contributed by atoms with Gasteiger partial charge < -0.3 is 15.7 Å². The van der Waals surface area contributed by atoms with Crippen LogP contribution in [0.1, 0.15) is 0 Å². The minimum Gasteiger partial charge on any atom is -0.412 e. The van der Waals surface area contributed by atoms with Crippen LogP contribution in [0.25, 0.3) is 0 Å². The summed E-state index contributed by atoms with van der Waals surface area (Å²) >= 11 is 0. The molecule has 0 aliphatic carbocycles. The van der Waals surface area contributed by atoms with Gasteiger partial charge in [0.15, 0.2) is 0 Å². The van der Waals surface area contributed by atoms with Gasteiger partial charge in [0.2, 0.25) is 0 Å². The normalized spacial score (nSPS) is 8.18. The second kappa shape index (κ2) is 13.6. The van der Waals surface area contributed by atoms with Crippen molar-refractivity contribution in [1.29, 1.82) is 0 Å². The van der Waals surface area contributed by atoms with E-state index in [1.807, 2.05) is 0 Å². The van der Waals surface area contributed by atoms with Crippen molar-refractivity contribution in [2.24, 2.45) is 0 Å². The molecular weight excluding hydrogens is 194 g/mol. The Bertz CT molecular complexity index is 46.9. The number of hydrogen-bond donors (Lipinski definition) is 2. The largest absolute Gasteiger partial charge is 1.00 e. The van der Waals surface area contributed by atoms with Gasteiger partial charge in [-0.2, -0.15) is 0 Å². The van der Waals surface area contributed by atoms with Crippen LogP contribution in [0.3, 0.4) is 0 Å². The van der Waals surface area contributed by atoms with Gasteiger partial charge in [-0.25, -0.2) is 18.6 Å². The minimum absolute atomic E-state index is 0. The van der Waals surface area contributed by atoms with E-state index in [0.29, 0.717) is 0 Å². The van der Waals surface area contributed by atoms with Gasteiger partial charge in [-0.1, -0.05) is 0 Å². The first kappa shape index (κ1) is 22.7. The second-order valence-corrected chi connectivity index (χ2v) is 1.58. The Kier molecular flexibility index (Phi) is 28.0. The summed E-state index contributed by atoms with van der Waals surface area (Å²) in [7, 11) is -4.94. The number of aliphatic hydroxyl groups is 2. The Morgan fingerprint density at radius 3 is 1.00 bits per heavy atom. The third-order valence-corrected chi connectivity index (χ3v) is 0.1000. The summed E-state index contributed by atoms with van der Waals surface area (Å²) in [6, 6.07) is 0. The molecule has 0 saturated carbocycles. The molecule has 0 unspecified atom stereocenters. The van der Waals surface area contributed by atoms with E-state index >= 15 is 0 Å². The molecule has 0 aromatic heterocycles. The van der Waals surface area contributed by atoms with Crippen molar-refractivity contribution in [3.8, 4) is 0 Å². The van der Waals surface area contributed by atoms with Crippen LogP contribution in [0.2, 0.25) is 0 Å². The Morgan fingerprint density at radius 2 is 1.00 bits per heavy atom. The zero-order chi connectivity index (χ0) is 7.91. The third-order valence-electron chi connectivity index (χ3n) is 0.1000. The third kappa shape index (κ3) is 221. The van der Waals surface area contributed by atoms with E-state index in [4.69, 9.17) is 28.8 Å². The molecule has 66 valence electrons. The average Bonchev–Trinajstić information content (AvgIpc) is 1.61. The molecule has 0 aliphatic rings. The average molecular weight is 203 g/mol. The first-order valence-corrected chi connectivity index (χ1v) is 2.98. The van der Waals surface area contributed by atoms with Crippen LogP contribution in [-0.4, -0.2) is 28.9 Å². The first-order valence-electron chi connectivity index (χ1n) is 1.75. The smallest absolute Gasteiger partial charge is 0.412 e. The van der Waals surface area contributed by atoms with Crippen molar-refractivity contribution in [1.82, 2.24) is 0 Å². The van der Waals surface area contributed by atoms with Crippen molar-refractivity contribution in [3.63, 3.8) is 0 Å². The van der Waals surface area contributed by atoms with Gasteiger partial charge in [0.1, 0.15) is 0 Å². The molecule has 0 amide bonds. The van der Waals surface area contributed by atoms with Crippen LogP contribution in [0.5, 0.6) is 0 Å². The number of aliphatic hydroxyl groups excluding tert-OH is 2. The zero-order valence-corrected chi connectivity index (χ0v) is 8.58. The van der Waals surface area contributed by atoms with Gasteiger partial charge in [-0.15, -0.1) is 10.2 Å². The van der Waals surface area contributed by atoms with E-state index in [1.165, 1.54) is 0 Å². The molecule has 0 bridgehead atoms. The topological polar surface area (TPSA) is 164 Å². The van der Waals surface area contributed by atoms with Crippen LogP contribution < -0.4 is 48.2 Å². The van der Waals surface area contributed by atoms with E-state index in [1.54, 1.807) is 0 Å². The molecule has 9 heteroatoms. The van der Waals surface area contributed by atoms with Crippen molar-refractivity contribution < 1.29 is 74.1 Å². The van der Waals surface area contributed by atoms with Crippen LogP contribution in [0.4, 0.5) is 0 Å². The summed E-state index contributed by atoms with van der Waals surface area (Å²) in [5.74, 6) is 0. The van der Waals surface area contributed by atoms with Crippen LogP contribution in [0.15, 0.2) is 0 Å². The molecule has 0 aromatic rings. The molecule has 0 spiro atoms. The van der Waals surface area contributed by atoms with Crippen molar-refractivity contribution in [2.45, 2.75) is 0 Å². The SMILES string of the molecule is O.OCCO.[Na+].[O-][Cl+3]([O-])([O-])[O-]. The monoisotopic (exact) mass is 202 g/mol. The first-order chi connectivity index (χ1) is 3.91. The quantitative estimate of drug-likeness (QED) is 0.401. The molecule has 0 heterocycles. The van der Waals surface area contributed by atoms with Gasteiger partial charge in [-0.3, -0.25) is 0 Å². The number of halogens is 1. The fourth-order valence-corrected chi connectivity index (χ4v) is 0. The molecule has 0 rings (SSSR count). The van der Waals surface area contributed by atoms with E-state index in [2.05, 4.69) is 0 Å². The van der Waals surface area contributed by atoms with E-state index in [0.717, 1.165) is 0 Å². The minimum atomic E-state index is -4.94. The predicted octanol–water partition coefficient (Wildman–Crippen LogP) is -9.61. The van der Waals surface area contributed by atoms with Crippen LogP contribution in [0, 0.1) is 10.2 Å². The molecule has 0 radical (unpaired) electrons. The maximum absolute atomic E-state index is 8.49. The summed E-state index contributed by atoms with van der Waals surface area (Å²) in [6.45, 7) is -0.250. The van der Waals surface area contributed by atoms with Gasteiger partial charge in [0.05, 0.1) is 13.2 Å². The van der Waals surface area contributed by atoms with E-state index in [-0.39, 0.29) is 48.2 Å². The van der Waals surface area contributed by atoms with Crippen molar-refractivity contribution in [2.75, 3.05) is 13.2 Å². The standard InChI is InChI=1S/C2H6O2.ClHO4.Na.H2O/c3-1-2-4;2-1(3,4)5;;/h3-4H,1-2H2;(H,2,3,4,5);;1H2/q;;+1;/p-1. The number of hydrogen-bond acceptors (Lipinski definition) is 6. The predicted molar refractivity (Wildman–Crippen MR) is 17.8 cm³/mol. The summed E-state index contributed by atoms with van der Waals surface area (Å²) in [6.07, 6.45) is 0. The maximum atomic E-state index is 8.49. The van der Waals surface area contributed by atoms with Gasteiger partial charge in [0.25, 0.3) is 0 Å². The molecule has 0 atom stereocenters. The maximum Gasteiger partial charge on any atom is 1.00 e. The summed E-state index contributed by atoms with van der Waals surface area (Å²) < 4.78 is 34.0. The molecule has 0 fully saturated rings. The second-order valence-electron chi connectivity index (χ2n) is 0.825. The van der Waals surface area contributed by atoms with Crippen molar-refractivity contribution in [3.05, 3.63) is 0 Å². The Labute approximate surface area is 87.2 Å². The Morgan fingerprint density at radius 1 is 0.909 bits per heavy atom. The Hall–Kier alpha value is 1.01. The molecule has 0 aromatic carbocycles. The summed E-state index contributed by atoms with van der Waals surface area (Å²) in [5.41, 5.74) is 0. The molecule has 7 nitrogen and oxygen atoms in total. The van der Waals surface area contributed by atoms with Crippen LogP contribution >= 0.6 is 0 Å². The van der Waals surface area contributed by atoms with E-state index < -0.39 is 10.2 Å². The van der Waals surface area contributed by atoms with Gasteiger partial charge in [-0.05, 0) is 0 Å². The molecule has 0 aliphatic heterocycles. The summed E-state index contributed by atoms with van der Waals surface area (Å²) in [4.78, 5) is 0. The fraction of sp³-hybridized carbons (Fsp3) is 1.00. The molecular formula is C2H8ClNaO7. The molecule has 0 saturated heterocycles. The molecule has 4 N–H and O–H groups in total. The van der Waals surface area contributed by atoms with Crippen LogP contribution in [-0.2, 0) is 0 Å². The van der Waals surface area contributed by atoms with Gasteiger partial charge in [0, 0.05) is 0 Å². The van der Waals surface area contributed by atoms with Gasteiger partial charge >= 0.3 is 29.6 Å². The zero-order valence-electron chi connectivity index (χ0n) is 5.82.